The van der Waals surface area contributed by atoms with Crippen molar-refractivity contribution >= 4 is 0 Å². The third kappa shape index (κ3) is 2.14. The predicted octanol–water partition coefficient (Wildman–Crippen LogP) is 2.09. The number of rotatable bonds is 3. The van der Waals surface area contributed by atoms with E-state index in [4.69, 9.17) is 0 Å². The fourth-order valence-corrected chi connectivity index (χ4v) is 1.27. The Morgan fingerprint density at radius 2 is 2.10 bits per heavy atom. The van der Waals surface area contributed by atoms with Gasteiger partial charge in [-0.1, -0.05) is 19.1 Å². The average Bonchev–Trinajstić information content (AvgIpc) is 2.40. The first-order chi connectivity index (χ1) is 4.83. The monoisotopic (exact) mass is 139 g/mol. The van der Waals surface area contributed by atoms with Crippen LogP contribution in [0.5, 0.6) is 0 Å². The van der Waals surface area contributed by atoms with E-state index in [1.165, 1.54) is 19.3 Å². The third-order valence-electron chi connectivity index (χ3n) is 2.14. The molecular formula is C9H17N. The minimum atomic E-state index is 0.685. The molecule has 1 heteroatoms. The van der Waals surface area contributed by atoms with E-state index in [2.05, 4.69) is 31.3 Å². The van der Waals surface area contributed by atoms with E-state index >= 15 is 0 Å². The van der Waals surface area contributed by atoms with E-state index in [1.807, 2.05) is 0 Å². The quantitative estimate of drug-likeness (QED) is 0.590. The zero-order valence-corrected chi connectivity index (χ0v) is 6.93. The van der Waals surface area contributed by atoms with Gasteiger partial charge in [-0.2, -0.15) is 0 Å². The summed E-state index contributed by atoms with van der Waals surface area (Å²) in [5.41, 5.74) is 0. The lowest BCUT2D eigenvalue weighted by Crippen LogP contribution is -2.34. The molecule has 0 radical (unpaired) electrons. The molecule has 0 fully saturated rings. The normalized spacial score (nSPS) is 21.8. The standard InChI is InChI=1S/C9H17N/c1-3-8(2)10-9-6-4-5-7-9/h4-5,8-10H,3,6-7H2,1-2H3. The molecule has 0 aromatic carbocycles. The maximum Gasteiger partial charge on any atom is 0.0138 e. The Hall–Kier alpha value is -0.300. The van der Waals surface area contributed by atoms with Gasteiger partial charge in [0.05, 0.1) is 0 Å². The second-order valence-corrected chi connectivity index (χ2v) is 3.12. The van der Waals surface area contributed by atoms with Crippen LogP contribution in [0, 0.1) is 0 Å². The van der Waals surface area contributed by atoms with Crippen molar-refractivity contribution in [3.05, 3.63) is 12.2 Å². The van der Waals surface area contributed by atoms with Crippen LogP contribution in [0.4, 0.5) is 0 Å². The van der Waals surface area contributed by atoms with Gasteiger partial charge >= 0.3 is 0 Å². The maximum atomic E-state index is 3.57. The fourth-order valence-electron chi connectivity index (χ4n) is 1.27. The summed E-state index contributed by atoms with van der Waals surface area (Å²) < 4.78 is 0. The van der Waals surface area contributed by atoms with Gasteiger partial charge in [0.15, 0.2) is 0 Å². The molecule has 1 rings (SSSR count). The molecule has 0 aromatic rings. The first-order valence-electron chi connectivity index (χ1n) is 4.24. The molecule has 0 saturated heterocycles. The van der Waals surface area contributed by atoms with Gasteiger partial charge in [-0.15, -0.1) is 0 Å². The highest BCUT2D eigenvalue weighted by Crippen LogP contribution is 2.10. The summed E-state index contributed by atoms with van der Waals surface area (Å²) in [6.07, 6.45) is 8.21. The Balaban J connectivity index is 2.13. The summed E-state index contributed by atoms with van der Waals surface area (Å²) in [5, 5.41) is 3.57. The van der Waals surface area contributed by atoms with Gasteiger partial charge in [-0.3, -0.25) is 0 Å². The van der Waals surface area contributed by atoms with Crippen LogP contribution in [0.3, 0.4) is 0 Å². The van der Waals surface area contributed by atoms with Crippen molar-refractivity contribution in [3.8, 4) is 0 Å². The van der Waals surface area contributed by atoms with Gasteiger partial charge in [-0.25, -0.2) is 0 Å². The highest BCUT2D eigenvalue weighted by Gasteiger charge is 2.10. The van der Waals surface area contributed by atoms with Gasteiger partial charge < -0.3 is 5.32 Å². The molecule has 0 saturated carbocycles. The van der Waals surface area contributed by atoms with Crippen LogP contribution in [-0.2, 0) is 0 Å². The van der Waals surface area contributed by atoms with E-state index in [0.29, 0.717) is 6.04 Å². The van der Waals surface area contributed by atoms with Crippen LogP contribution < -0.4 is 5.32 Å². The molecule has 1 aliphatic carbocycles. The van der Waals surface area contributed by atoms with E-state index in [9.17, 15) is 0 Å². The van der Waals surface area contributed by atoms with Crippen LogP contribution in [0.2, 0.25) is 0 Å². The van der Waals surface area contributed by atoms with E-state index in [-0.39, 0.29) is 0 Å². The van der Waals surface area contributed by atoms with Crippen molar-refractivity contribution in [1.29, 1.82) is 0 Å². The number of hydrogen-bond acceptors (Lipinski definition) is 1. The second kappa shape index (κ2) is 3.77. The molecular weight excluding hydrogens is 122 g/mol. The molecule has 58 valence electrons. The van der Waals surface area contributed by atoms with E-state index in [0.717, 1.165) is 6.04 Å². The fraction of sp³-hybridized carbons (Fsp3) is 0.778. The lowest BCUT2D eigenvalue weighted by Gasteiger charge is -2.17. The van der Waals surface area contributed by atoms with Crippen molar-refractivity contribution in [2.75, 3.05) is 0 Å². The van der Waals surface area contributed by atoms with Gasteiger partial charge in [-0.05, 0) is 26.2 Å². The zero-order chi connectivity index (χ0) is 7.40. The van der Waals surface area contributed by atoms with Crippen LogP contribution >= 0.6 is 0 Å². The molecule has 0 amide bonds. The molecule has 0 aliphatic heterocycles. The van der Waals surface area contributed by atoms with Gasteiger partial charge in [0.2, 0.25) is 0 Å². The van der Waals surface area contributed by atoms with Crippen molar-refractivity contribution < 1.29 is 0 Å². The summed E-state index contributed by atoms with van der Waals surface area (Å²) in [7, 11) is 0. The summed E-state index contributed by atoms with van der Waals surface area (Å²) in [5.74, 6) is 0. The van der Waals surface area contributed by atoms with Gasteiger partial charge in [0.1, 0.15) is 0 Å². The minimum Gasteiger partial charge on any atom is -0.311 e. The lowest BCUT2D eigenvalue weighted by atomic mass is 10.2. The maximum absolute atomic E-state index is 3.57. The van der Waals surface area contributed by atoms with Crippen molar-refractivity contribution in [2.24, 2.45) is 0 Å². The summed E-state index contributed by atoms with van der Waals surface area (Å²) in [6, 6.07) is 1.42. The highest BCUT2D eigenvalue weighted by atomic mass is 14.9. The molecule has 1 N–H and O–H groups in total. The van der Waals surface area contributed by atoms with Crippen LogP contribution in [0.25, 0.3) is 0 Å². The average molecular weight is 139 g/mol. The topological polar surface area (TPSA) is 12.0 Å². The number of hydrogen-bond donors (Lipinski definition) is 1. The Morgan fingerprint density at radius 3 is 2.60 bits per heavy atom. The second-order valence-electron chi connectivity index (χ2n) is 3.12. The largest absolute Gasteiger partial charge is 0.311 e. The van der Waals surface area contributed by atoms with Crippen LogP contribution in [-0.4, -0.2) is 12.1 Å². The summed E-state index contributed by atoms with van der Waals surface area (Å²) in [6.45, 7) is 4.47. The van der Waals surface area contributed by atoms with Crippen molar-refractivity contribution in [1.82, 2.24) is 5.32 Å². The van der Waals surface area contributed by atoms with Gasteiger partial charge in [0.25, 0.3) is 0 Å². The molecule has 10 heavy (non-hydrogen) atoms. The van der Waals surface area contributed by atoms with E-state index in [1.54, 1.807) is 0 Å². The van der Waals surface area contributed by atoms with E-state index < -0.39 is 0 Å². The molecule has 1 nitrogen and oxygen atoms in total. The zero-order valence-electron chi connectivity index (χ0n) is 6.93. The lowest BCUT2D eigenvalue weighted by molar-refractivity contribution is 0.450. The molecule has 1 unspecified atom stereocenters. The smallest absolute Gasteiger partial charge is 0.0138 e. The van der Waals surface area contributed by atoms with Crippen molar-refractivity contribution in [2.45, 2.75) is 45.2 Å². The molecule has 0 bridgehead atoms. The first-order valence-corrected chi connectivity index (χ1v) is 4.24. The molecule has 1 aliphatic rings. The Bertz CT molecular complexity index is 110. The molecule has 1 atom stereocenters. The molecule has 0 heterocycles. The Morgan fingerprint density at radius 1 is 1.50 bits per heavy atom. The predicted molar refractivity (Wildman–Crippen MR) is 45.1 cm³/mol. The highest BCUT2D eigenvalue weighted by molar-refractivity contribution is 4.98. The summed E-state index contributed by atoms with van der Waals surface area (Å²) in [4.78, 5) is 0. The summed E-state index contributed by atoms with van der Waals surface area (Å²) >= 11 is 0. The molecule has 0 aromatic heterocycles. The van der Waals surface area contributed by atoms with Gasteiger partial charge in [0, 0.05) is 12.1 Å². The molecule has 0 spiro atoms. The van der Waals surface area contributed by atoms with Crippen LogP contribution in [0.15, 0.2) is 12.2 Å². The van der Waals surface area contributed by atoms with Crippen molar-refractivity contribution in [3.63, 3.8) is 0 Å². The third-order valence-corrected chi connectivity index (χ3v) is 2.14. The van der Waals surface area contributed by atoms with Crippen LogP contribution in [0.1, 0.15) is 33.1 Å². The SMILES string of the molecule is CCC(C)NC1CC=CC1. The Labute approximate surface area is 63.5 Å². The Kier molecular flexibility index (Phi) is 2.94. The minimum absolute atomic E-state index is 0.685. The number of nitrogens with one attached hydrogen (secondary N) is 1. The first kappa shape index (κ1) is 7.80.